The minimum Gasteiger partial charge on any atom is -0.367 e. The van der Waals surface area contributed by atoms with Gasteiger partial charge in [0.15, 0.2) is 0 Å². The van der Waals surface area contributed by atoms with Crippen LogP contribution in [0.25, 0.3) is 0 Å². The number of carbonyl (C=O) groups excluding carboxylic acids is 1. The first-order valence-electron chi connectivity index (χ1n) is 7.98. The molecule has 4 unspecified atom stereocenters. The van der Waals surface area contributed by atoms with Gasteiger partial charge in [0, 0.05) is 19.5 Å². The molecule has 3 rings (SSSR count). The molecule has 0 aromatic rings. The zero-order chi connectivity index (χ0) is 14.3. The summed E-state index contributed by atoms with van der Waals surface area (Å²) in [6, 6.07) is 0. The number of carbonyl (C=O) groups is 1. The van der Waals surface area contributed by atoms with Crippen LogP contribution in [0.4, 0.5) is 0 Å². The van der Waals surface area contributed by atoms with Crippen molar-refractivity contribution in [3.8, 4) is 0 Å². The Labute approximate surface area is 127 Å². The topological polar surface area (TPSA) is 29.5 Å². The van der Waals surface area contributed by atoms with Crippen LogP contribution < -0.4 is 0 Å². The molecule has 3 nitrogen and oxygen atoms in total. The number of hydrogen-bond acceptors (Lipinski definition) is 2. The van der Waals surface area contributed by atoms with Crippen LogP contribution in [0, 0.1) is 17.8 Å². The zero-order valence-electron chi connectivity index (χ0n) is 12.6. The quantitative estimate of drug-likeness (QED) is 0.750. The molecule has 3 aliphatic rings. The van der Waals surface area contributed by atoms with Crippen molar-refractivity contribution in [2.45, 2.75) is 57.7 Å². The van der Waals surface area contributed by atoms with Gasteiger partial charge in [-0.25, -0.2) is 0 Å². The Morgan fingerprint density at radius 1 is 1.35 bits per heavy atom. The maximum Gasteiger partial charge on any atom is 0.223 e. The average molecular weight is 300 g/mol. The van der Waals surface area contributed by atoms with E-state index in [-0.39, 0.29) is 11.7 Å². The van der Waals surface area contributed by atoms with Gasteiger partial charge < -0.3 is 9.64 Å². The molecule has 2 aliphatic carbocycles. The number of hydrogen-bond donors (Lipinski definition) is 0. The van der Waals surface area contributed by atoms with Crippen molar-refractivity contribution in [3.63, 3.8) is 0 Å². The number of nitrogens with zero attached hydrogens (tertiary/aromatic N) is 1. The minimum absolute atomic E-state index is 0.0237. The highest BCUT2D eigenvalue weighted by molar-refractivity contribution is 6.18. The molecule has 0 N–H and O–H groups in total. The van der Waals surface area contributed by atoms with Gasteiger partial charge >= 0.3 is 0 Å². The fourth-order valence-electron chi connectivity index (χ4n) is 4.55. The van der Waals surface area contributed by atoms with Gasteiger partial charge in [0.1, 0.15) is 0 Å². The molecule has 2 saturated carbocycles. The Morgan fingerprint density at radius 2 is 2.15 bits per heavy atom. The van der Waals surface area contributed by atoms with E-state index < -0.39 is 0 Å². The summed E-state index contributed by atoms with van der Waals surface area (Å²) in [4.78, 5) is 14.6. The number of alkyl halides is 1. The van der Waals surface area contributed by atoms with Gasteiger partial charge in [-0.1, -0.05) is 6.42 Å². The number of halogens is 1. The molecule has 1 heterocycles. The van der Waals surface area contributed by atoms with Gasteiger partial charge in [0.2, 0.25) is 5.91 Å². The maximum atomic E-state index is 12.6. The molecule has 1 amide bonds. The number of morpholine rings is 1. The fraction of sp³-hybridized carbons (Fsp3) is 0.938. The summed E-state index contributed by atoms with van der Waals surface area (Å²) in [6.45, 7) is 5.44. The summed E-state index contributed by atoms with van der Waals surface area (Å²) >= 11 is 5.94. The first-order valence-corrected chi connectivity index (χ1v) is 8.52. The monoisotopic (exact) mass is 299 g/mol. The van der Waals surface area contributed by atoms with Gasteiger partial charge in [-0.3, -0.25) is 4.79 Å². The van der Waals surface area contributed by atoms with Crippen LogP contribution in [0.5, 0.6) is 0 Å². The smallest absolute Gasteiger partial charge is 0.223 e. The van der Waals surface area contributed by atoms with Gasteiger partial charge in [0.25, 0.3) is 0 Å². The Bertz CT molecular complexity index is 385. The SMILES string of the molecule is CC1(C)CN(C(=O)CC2CC3CCC2C3)CC(CCl)O1. The second-order valence-electron chi connectivity index (χ2n) is 7.57. The van der Waals surface area contributed by atoms with Crippen LogP contribution >= 0.6 is 11.6 Å². The van der Waals surface area contributed by atoms with Gasteiger partial charge in [-0.2, -0.15) is 0 Å². The van der Waals surface area contributed by atoms with Crippen LogP contribution in [0.15, 0.2) is 0 Å². The third kappa shape index (κ3) is 2.99. The molecule has 0 aromatic heterocycles. The second kappa shape index (κ2) is 5.49. The number of fused-ring (bicyclic) bond motifs is 2. The summed E-state index contributed by atoms with van der Waals surface area (Å²) in [5.74, 6) is 3.15. The molecule has 114 valence electrons. The standard InChI is InChI=1S/C16H26ClNO2/c1-16(2)10-18(9-14(8-17)20-16)15(19)7-13-6-11-3-4-12(13)5-11/h11-14H,3-10H2,1-2H3. The predicted molar refractivity (Wildman–Crippen MR) is 79.8 cm³/mol. The highest BCUT2D eigenvalue weighted by Gasteiger charge is 2.42. The Balaban J connectivity index is 1.59. The summed E-state index contributed by atoms with van der Waals surface area (Å²) in [5.41, 5.74) is -0.276. The first kappa shape index (κ1) is 14.6. The van der Waals surface area contributed by atoms with Crippen LogP contribution in [0.3, 0.4) is 0 Å². The molecule has 20 heavy (non-hydrogen) atoms. The van der Waals surface area contributed by atoms with E-state index in [0.29, 0.717) is 30.8 Å². The molecular formula is C16H26ClNO2. The third-order valence-corrected chi connectivity index (χ3v) is 5.67. The molecule has 4 heteroatoms. The number of amides is 1. The first-order chi connectivity index (χ1) is 9.47. The van der Waals surface area contributed by atoms with Crippen molar-refractivity contribution in [2.24, 2.45) is 17.8 Å². The highest BCUT2D eigenvalue weighted by Crippen LogP contribution is 2.49. The summed E-state index contributed by atoms with van der Waals surface area (Å²) in [7, 11) is 0. The van der Waals surface area contributed by atoms with E-state index in [1.165, 1.54) is 25.7 Å². The summed E-state index contributed by atoms with van der Waals surface area (Å²) in [6.07, 6.45) is 6.12. The summed E-state index contributed by atoms with van der Waals surface area (Å²) in [5, 5.41) is 0. The van der Waals surface area contributed by atoms with Crippen molar-refractivity contribution in [1.29, 1.82) is 0 Å². The second-order valence-corrected chi connectivity index (χ2v) is 7.88. The lowest BCUT2D eigenvalue weighted by Gasteiger charge is -2.42. The molecule has 1 aliphatic heterocycles. The Kier molecular flexibility index (Phi) is 4.02. The molecule has 1 saturated heterocycles. The molecular weight excluding hydrogens is 274 g/mol. The Hall–Kier alpha value is -0.280. The molecule has 0 spiro atoms. The largest absolute Gasteiger partial charge is 0.367 e. The Morgan fingerprint density at radius 3 is 2.75 bits per heavy atom. The molecule has 2 bridgehead atoms. The molecule has 0 aromatic carbocycles. The zero-order valence-corrected chi connectivity index (χ0v) is 13.4. The van der Waals surface area contributed by atoms with Crippen molar-refractivity contribution in [3.05, 3.63) is 0 Å². The van der Waals surface area contributed by atoms with Gasteiger partial charge in [-0.15, -0.1) is 11.6 Å². The van der Waals surface area contributed by atoms with Crippen LogP contribution in [0.1, 0.15) is 46.0 Å². The van der Waals surface area contributed by atoms with Crippen molar-refractivity contribution >= 4 is 17.5 Å². The van der Waals surface area contributed by atoms with Crippen molar-refractivity contribution < 1.29 is 9.53 Å². The van der Waals surface area contributed by atoms with E-state index in [2.05, 4.69) is 0 Å². The van der Waals surface area contributed by atoms with Crippen LogP contribution in [0.2, 0.25) is 0 Å². The van der Waals surface area contributed by atoms with Gasteiger partial charge in [0.05, 0.1) is 17.6 Å². The normalized spacial score (nSPS) is 39.2. The lowest BCUT2D eigenvalue weighted by atomic mass is 9.86. The average Bonchev–Trinajstić information content (AvgIpc) is 2.99. The molecule has 4 atom stereocenters. The lowest BCUT2D eigenvalue weighted by Crippen LogP contribution is -2.55. The van der Waals surface area contributed by atoms with Crippen molar-refractivity contribution in [1.82, 2.24) is 4.90 Å². The van der Waals surface area contributed by atoms with E-state index >= 15 is 0 Å². The third-order valence-electron chi connectivity index (χ3n) is 5.33. The minimum atomic E-state index is -0.276. The number of rotatable bonds is 3. The van der Waals surface area contributed by atoms with E-state index in [1.807, 2.05) is 18.7 Å². The van der Waals surface area contributed by atoms with E-state index in [0.717, 1.165) is 18.3 Å². The van der Waals surface area contributed by atoms with E-state index in [9.17, 15) is 4.79 Å². The van der Waals surface area contributed by atoms with Crippen molar-refractivity contribution in [2.75, 3.05) is 19.0 Å². The van der Waals surface area contributed by atoms with E-state index in [1.54, 1.807) is 0 Å². The maximum absolute atomic E-state index is 12.6. The van der Waals surface area contributed by atoms with Crippen LogP contribution in [-0.4, -0.2) is 41.5 Å². The van der Waals surface area contributed by atoms with Gasteiger partial charge in [-0.05, 0) is 50.9 Å². The molecule has 0 radical (unpaired) electrons. The highest BCUT2D eigenvalue weighted by atomic mass is 35.5. The summed E-state index contributed by atoms with van der Waals surface area (Å²) < 4.78 is 5.90. The fourth-order valence-corrected chi connectivity index (χ4v) is 4.71. The lowest BCUT2D eigenvalue weighted by molar-refractivity contribution is -0.158. The molecule has 3 fully saturated rings. The van der Waals surface area contributed by atoms with Crippen LogP contribution in [-0.2, 0) is 9.53 Å². The number of ether oxygens (including phenoxy) is 1. The van der Waals surface area contributed by atoms with E-state index in [4.69, 9.17) is 16.3 Å². The predicted octanol–water partition coefficient (Wildman–Crippen LogP) is 3.06.